The van der Waals surface area contributed by atoms with Gasteiger partial charge in [-0.05, 0) is 39.0 Å². The predicted octanol–water partition coefficient (Wildman–Crippen LogP) is 1.01. The standard InChI is InChI=1S/C14H21N3O3/c1-14(2,3)17-12(19)6-7-16-13(20)10-8-9(18)4-5-11(10)15/h4-5,8,18H,6-7,15H2,1-3H3,(H,16,20)(H,17,19). The Labute approximate surface area is 118 Å². The summed E-state index contributed by atoms with van der Waals surface area (Å²) in [4.78, 5) is 23.4. The van der Waals surface area contributed by atoms with E-state index in [2.05, 4.69) is 10.6 Å². The number of benzene rings is 1. The van der Waals surface area contributed by atoms with E-state index in [-0.39, 0.29) is 41.4 Å². The summed E-state index contributed by atoms with van der Waals surface area (Å²) in [5, 5.41) is 14.7. The molecule has 5 N–H and O–H groups in total. The van der Waals surface area contributed by atoms with Crippen molar-refractivity contribution in [1.82, 2.24) is 10.6 Å². The van der Waals surface area contributed by atoms with Crippen LogP contribution >= 0.6 is 0 Å². The molecule has 2 amide bonds. The van der Waals surface area contributed by atoms with Crippen molar-refractivity contribution in [1.29, 1.82) is 0 Å². The molecular formula is C14H21N3O3. The van der Waals surface area contributed by atoms with Crippen LogP contribution in [0.3, 0.4) is 0 Å². The van der Waals surface area contributed by atoms with Crippen molar-refractivity contribution in [3.8, 4) is 5.75 Å². The number of phenols is 1. The van der Waals surface area contributed by atoms with Crippen LogP contribution in [0.4, 0.5) is 5.69 Å². The van der Waals surface area contributed by atoms with Gasteiger partial charge in [0.2, 0.25) is 5.91 Å². The fraction of sp³-hybridized carbons (Fsp3) is 0.429. The fourth-order valence-electron chi connectivity index (χ4n) is 1.61. The second-order valence-corrected chi connectivity index (χ2v) is 5.58. The van der Waals surface area contributed by atoms with Crippen LogP contribution < -0.4 is 16.4 Å². The predicted molar refractivity (Wildman–Crippen MR) is 77.4 cm³/mol. The number of anilines is 1. The number of nitrogen functional groups attached to an aromatic ring is 1. The Morgan fingerprint density at radius 1 is 1.30 bits per heavy atom. The average molecular weight is 279 g/mol. The highest BCUT2D eigenvalue weighted by Crippen LogP contribution is 2.18. The minimum absolute atomic E-state index is 0.0326. The molecule has 0 saturated carbocycles. The molecule has 0 radical (unpaired) electrons. The molecule has 0 aromatic heterocycles. The Balaban J connectivity index is 2.48. The van der Waals surface area contributed by atoms with Gasteiger partial charge in [0.05, 0.1) is 5.56 Å². The molecule has 0 aliphatic carbocycles. The van der Waals surface area contributed by atoms with Crippen LogP contribution in [0.1, 0.15) is 37.6 Å². The maximum Gasteiger partial charge on any atom is 0.253 e. The lowest BCUT2D eigenvalue weighted by Gasteiger charge is -2.20. The molecule has 6 nitrogen and oxygen atoms in total. The maximum absolute atomic E-state index is 11.9. The zero-order valence-corrected chi connectivity index (χ0v) is 12.0. The Morgan fingerprint density at radius 2 is 1.95 bits per heavy atom. The number of phenolic OH excluding ortho intramolecular Hbond substituents is 1. The van der Waals surface area contributed by atoms with Crippen LogP contribution in [-0.4, -0.2) is 29.0 Å². The molecule has 0 saturated heterocycles. The molecule has 0 unspecified atom stereocenters. The number of hydrogen-bond acceptors (Lipinski definition) is 4. The molecule has 20 heavy (non-hydrogen) atoms. The highest BCUT2D eigenvalue weighted by Gasteiger charge is 2.14. The van der Waals surface area contributed by atoms with Gasteiger partial charge in [-0.15, -0.1) is 0 Å². The third-order valence-electron chi connectivity index (χ3n) is 2.43. The van der Waals surface area contributed by atoms with E-state index >= 15 is 0 Å². The number of hydrogen-bond donors (Lipinski definition) is 4. The molecule has 0 atom stereocenters. The second kappa shape index (κ2) is 6.27. The first-order valence-corrected chi connectivity index (χ1v) is 6.37. The smallest absolute Gasteiger partial charge is 0.253 e. The van der Waals surface area contributed by atoms with E-state index in [1.165, 1.54) is 18.2 Å². The Hall–Kier alpha value is -2.24. The molecule has 0 heterocycles. The molecule has 0 aliphatic rings. The molecule has 6 heteroatoms. The van der Waals surface area contributed by atoms with Crippen LogP contribution in [0, 0.1) is 0 Å². The van der Waals surface area contributed by atoms with Crippen LogP contribution in [-0.2, 0) is 4.79 Å². The molecule has 1 aromatic rings. The van der Waals surface area contributed by atoms with E-state index in [9.17, 15) is 14.7 Å². The number of carbonyl (C=O) groups excluding carboxylic acids is 2. The normalized spacial score (nSPS) is 10.9. The summed E-state index contributed by atoms with van der Waals surface area (Å²) < 4.78 is 0. The van der Waals surface area contributed by atoms with Crippen LogP contribution in [0.25, 0.3) is 0 Å². The van der Waals surface area contributed by atoms with Gasteiger partial charge in [0, 0.05) is 24.2 Å². The second-order valence-electron chi connectivity index (χ2n) is 5.58. The summed E-state index contributed by atoms with van der Waals surface area (Å²) in [7, 11) is 0. The SMILES string of the molecule is CC(C)(C)NC(=O)CCNC(=O)c1cc(O)ccc1N. The van der Waals surface area contributed by atoms with E-state index in [1.807, 2.05) is 20.8 Å². The Kier molecular flexibility index (Phi) is 4.96. The van der Waals surface area contributed by atoms with Gasteiger partial charge < -0.3 is 21.5 Å². The summed E-state index contributed by atoms with van der Waals surface area (Å²) in [6.45, 7) is 5.86. The van der Waals surface area contributed by atoms with Gasteiger partial charge in [0.1, 0.15) is 5.75 Å². The number of carbonyl (C=O) groups is 2. The lowest BCUT2D eigenvalue weighted by atomic mass is 10.1. The van der Waals surface area contributed by atoms with Crippen LogP contribution in [0.15, 0.2) is 18.2 Å². The molecular weight excluding hydrogens is 258 g/mol. The summed E-state index contributed by atoms with van der Waals surface area (Å²) in [6, 6.07) is 4.15. The number of aromatic hydroxyl groups is 1. The number of nitrogens with two attached hydrogens (primary N) is 1. The summed E-state index contributed by atoms with van der Waals surface area (Å²) in [5.74, 6) is -0.585. The highest BCUT2D eigenvalue weighted by molar-refractivity contribution is 5.99. The molecule has 110 valence electrons. The van der Waals surface area contributed by atoms with Gasteiger partial charge in [0.25, 0.3) is 5.91 Å². The Morgan fingerprint density at radius 3 is 2.55 bits per heavy atom. The molecule has 0 spiro atoms. The number of nitrogens with one attached hydrogen (secondary N) is 2. The lowest BCUT2D eigenvalue weighted by molar-refractivity contribution is -0.122. The van der Waals surface area contributed by atoms with Gasteiger partial charge >= 0.3 is 0 Å². The van der Waals surface area contributed by atoms with Gasteiger partial charge in [-0.25, -0.2) is 0 Å². The zero-order chi connectivity index (χ0) is 15.3. The molecule has 0 aliphatic heterocycles. The van der Waals surface area contributed by atoms with Crippen molar-refractivity contribution in [2.45, 2.75) is 32.7 Å². The van der Waals surface area contributed by atoms with Crippen molar-refractivity contribution < 1.29 is 14.7 Å². The van der Waals surface area contributed by atoms with Gasteiger partial charge in [0.15, 0.2) is 0 Å². The number of rotatable bonds is 4. The monoisotopic (exact) mass is 279 g/mol. The molecule has 0 bridgehead atoms. The first-order valence-electron chi connectivity index (χ1n) is 6.37. The fourth-order valence-corrected chi connectivity index (χ4v) is 1.61. The van der Waals surface area contributed by atoms with Gasteiger partial charge in [-0.1, -0.05) is 0 Å². The number of amides is 2. The molecule has 0 fully saturated rings. The first-order chi connectivity index (χ1) is 9.19. The molecule has 1 aromatic carbocycles. The van der Waals surface area contributed by atoms with Crippen molar-refractivity contribution in [2.24, 2.45) is 0 Å². The van der Waals surface area contributed by atoms with E-state index in [1.54, 1.807) is 0 Å². The first kappa shape index (κ1) is 15.8. The van der Waals surface area contributed by atoms with Crippen LogP contribution in [0.2, 0.25) is 0 Å². The van der Waals surface area contributed by atoms with Crippen molar-refractivity contribution >= 4 is 17.5 Å². The summed E-state index contributed by atoms with van der Waals surface area (Å²) in [5.41, 5.74) is 5.83. The third kappa shape index (κ3) is 5.17. The molecule has 1 rings (SSSR count). The quantitative estimate of drug-likeness (QED) is 0.487. The topological polar surface area (TPSA) is 104 Å². The third-order valence-corrected chi connectivity index (χ3v) is 2.43. The van der Waals surface area contributed by atoms with E-state index < -0.39 is 5.91 Å². The van der Waals surface area contributed by atoms with E-state index in [0.717, 1.165) is 0 Å². The van der Waals surface area contributed by atoms with Crippen molar-refractivity contribution in [2.75, 3.05) is 12.3 Å². The summed E-state index contributed by atoms with van der Waals surface area (Å²) in [6.07, 6.45) is 0.182. The van der Waals surface area contributed by atoms with E-state index in [0.29, 0.717) is 0 Å². The Bertz CT molecular complexity index is 507. The summed E-state index contributed by atoms with van der Waals surface area (Å²) >= 11 is 0. The van der Waals surface area contributed by atoms with Gasteiger partial charge in [-0.2, -0.15) is 0 Å². The van der Waals surface area contributed by atoms with Crippen molar-refractivity contribution in [3.05, 3.63) is 23.8 Å². The minimum atomic E-state index is -0.415. The average Bonchev–Trinajstić information content (AvgIpc) is 2.29. The lowest BCUT2D eigenvalue weighted by Crippen LogP contribution is -2.42. The zero-order valence-electron chi connectivity index (χ0n) is 12.0. The largest absolute Gasteiger partial charge is 0.508 e. The highest BCUT2D eigenvalue weighted by atomic mass is 16.3. The van der Waals surface area contributed by atoms with Crippen LogP contribution in [0.5, 0.6) is 5.75 Å². The minimum Gasteiger partial charge on any atom is -0.508 e. The van der Waals surface area contributed by atoms with Gasteiger partial charge in [-0.3, -0.25) is 9.59 Å². The van der Waals surface area contributed by atoms with E-state index in [4.69, 9.17) is 5.73 Å². The van der Waals surface area contributed by atoms with Crippen molar-refractivity contribution in [3.63, 3.8) is 0 Å². The maximum atomic E-state index is 11.9.